The van der Waals surface area contributed by atoms with Crippen molar-refractivity contribution in [2.45, 2.75) is 38.6 Å². The molecule has 2 rings (SSSR count). The van der Waals surface area contributed by atoms with E-state index in [4.69, 9.17) is 5.73 Å². The summed E-state index contributed by atoms with van der Waals surface area (Å²) in [6.07, 6.45) is 4.22. The molecule has 0 saturated heterocycles. The first kappa shape index (κ1) is 11.9. The minimum Gasteiger partial charge on any atom is -0.399 e. The van der Waals surface area contributed by atoms with E-state index in [0.717, 1.165) is 25.7 Å². The van der Waals surface area contributed by atoms with Crippen LogP contribution in [0, 0.1) is 12.7 Å². The first-order valence-electron chi connectivity index (χ1n) is 5.94. The molecule has 4 heteroatoms. The van der Waals surface area contributed by atoms with Gasteiger partial charge in [0.25, 0.3) is 5.91 Å². The van der Waals surface area contributed by atoms with Crippen LogP contribution in [0.1, 0.15) is 41.6 Å². The number of anilines is 1. The minimum absolute atomic E-state index is 0.0504. The number of rotatable bonds is 2. The van der Waals surface area contributed by atoms with Crippen LogP contribution in [-0.4, -0.2) is 11.9 Å². The number of hydrogen-bond acceptors (Lipinski definition) is 2. The molecule has 17 heavy (non-hydrogen) atoms. The van der Waals surface area contributed by atoms with Gasteiger partial charge >= 0.3 is 0 Å². The number of amides is 1. The molecule has 3 N–H and O–H groups in total. The predicted molar refractivity (Wildman–Crippen MR) is 65.3 cm³/mol. The molecule has 0 radical (unpaired) electrons. The summed E-state index contributed by atoms with van der Waals surface area (Å²) in [4.78, 5) is 11.9. The molecule has 0 spiro atoms. The van der Waals surface area contributed by atoms with Crippen LogP contribution in [0.5, 0.6) is 0 Å². The van der Waals surface area contributed by atoms with Gasteiger partial charge in [-0.1, -0.05) is 12.8 Å². The van der Waals surface area contributed by atoms with E-state index >= 15 is 0 Å². The Kier molecular flexibility index (Phi) is 3.31. The van der Waals surface area contributed by atoms with Crippen molar-refractivity contribution in [3.05, 3.63) is 29.1 Å². The van der Waals surface area contributed by atoms with Crippen molar-refractivity contribution in [2.24, 2.45) is 0 Å². The largest absolute Gasteiger partial charge is 0.399 e. The first-order valence-corrected chi connectivity index (χ1v) is 5.94. The Morgan fingerprint density at radius 2 is 2.06 bits per heavy atom. The molecule has 1 aromatic rings. The molecule has 0 aliphatic heterocycles. The van der Waals surface area contributed by atoms with Crippen molar-refractivity contribution in [2.75, 3.05) is 5.73 Å². The van der Waals surface area contributed by atoms with E-state index in [1.54, 1.807) is 6.92 Å². The molecule has 0 atom stereocenters. The zero-order valence-electron chi connectivity index (χ0n) is 9.92. The summed E-state index contributed by atoms with van der Waals surface area (Å²) in [5, 5.41) is 2.86. The Labute approximate surface area is 100 Å². The average molecular weight is 236 g/mol. The van der Waals surface area contributed by atoms with E-state index in [1.165, 1.54) is 12.1 Å². The molecule has 1 aromatic carbocycles. The molecular formula is C13H17FN2O. The quantitative estimate of drug-likeness (QED) is 0.775. The second-order valence-electron chi connectivity index (χ2n) is 4.65. The van der Waals surface area contributed by atoms with Gasteiger partial charge in [0.1, 0.15) is 5.82 Å². The molecule has 0 aromatic heterocycles. The normalized spacial score (nSPS) is 16.1. The molecular weight excluding hydrogens is 219 g/mol. The van der Waals surface area contributed by atoms with Gasteiger partial charge in [-0.3, -0.25) is 4.79 Å². The molecule has 3 nitrogen and oxygen atoms in total. The fourth-order valence-corrected chi connectivity index (χ4v) is 2.30. The smallest absolute Gasteiger partial charge is 0.254 e. The fraction of sp³-hybridized carbons (Fsp3) is 0.462. The highest BCUT2D eigenvalue weighted by Gasteiger charge is 2.20. The monoisotopic (exact) mass is 236 g/mol. The number of benzene rings is 1. The van der Waals surface area contributed by atoms with Gasteiger partial charge in [-0.25, -0.2) is 4.39 Å². The number of nitrogens with two attached hydrogens (primary N) is 1. The number of carbonyl (C=O) groups is 1. The molecule has 0 heterocycles. The van der Waals surface area contributed by atoms with Crippen LogP contribution in [0.2, 0.25) is 0 Å². The highest BCUT2D eigenvalue weighted by Crippen LogP contribution is 2.20. The van der Waals surface area contributed by atoms with Crippen LogP contribution in [-0.2, 0) is 0 Å². The van der Waals surface area contributed by atoms with Crippen LogP contribution in [0.25, 0.3) is 0 Å². The average Bonchev–Trinajstić information content (AvgIpc) is 2.76. The Balaban J connectivity index is 2.18. The SMILES string of the molecule is Cc1cc(N)cc(C(=O)NC2CCCC2)c1F. The van der Waals surface area contributed by atoms with Crippen molar-refractivity contribution in [1.29, 1.82) is 0 Å². The lowest BCUT2D eigenvalue weighted by Gasteiger charge is -2.13. The third kappa shape index (κ3) is 2.57. The topological polar surface area (TPSA) is 55.1 Å². The summed E-state index contributed by atoms with van der Waals surface area (Å²) in [6.45, 7) is 1.61. The van der Waals surface area contributed by atoms with Crippen LogP contribution in [0.3, 0.4) is 0 Å². The molecule has 0 unspecified atom stereocenters. The fourth-order valence-electron chi connectivity index (χ4n) is 2.30. The minimum atomic E-state index is -0.477. The summed E-state index contributed by atoms with van der Waals surface area (Å²) in [5.74, 6) is -0.834. The van der Waals surface area contributed by atoms with Crippen LogP contribution >= 0.6 is 0 Å². The summed E-state index contributed by atoms with van der Waals surface area (Å²) in [7, 11) is 0. The van der Waals surface area contributed by atoms with Gasteiger partial charge in [-0.15, -0.1) is 0 Å². The van der Waals surface area contributed by atoms with Gasteiger partial charge in [0, 0.05) is 11.7 Å². The molecule has 1 aliphatic carbocycles. The zero-order chi connectivity index (χ0) is 12.4. The Morgan fingerprint density at radius 3 is 2.71 bits per heavy atom. The number of aryl methyl sites for hydroxylation is 1. The maximum Gasteiger partial charge on any atom is 0.254 e. The lowest BCUT2D eigenvalue weighted by Crippen LogP contribution is -2.33. The Bertz CT molecular complexity index is 439. The number of nitrogen functional groups attached to an aromatic ring is 1. The Morgan fingerprint density at radius 1 is 1.41 bits per heavy atom. The van der Waals surface area contributed by atoms with E-state index in [1.807, 2.05) is 0 Å². The van der Waals surface area contributed by atoms with Crippen molar-refractivity contribution in [3.8, 4) is 0 Å². The standard InChI is InChI=1S/C13H17FN2O/c1-8-6-9(15)7-11(12(8)14)13(17)16-10-4-2-3-5-10/h6-7,10H,2-5,15H2,1H3,(H,16,17). The van der Waals surface area contributed by atoms with Gasteiger partial charge in [0.05, 0.1) is 5.56 Å². The highest BCUT2D eigenvalue weighted by atomic mass is 19.1. The highest BCUT2D eigenvalue weighted by molar-refractivity contribution is 5.95. The molecule has 1 amide bonds. The third-order valence-electron chi connectivity index (χ3n) is 3.21. The van der Waals surface area contributed by atoms with E-state index < -0.39 is 5.82 Å². The summed E-state index contributed by atoms with van der Waals surface area (Å²) in [5.41, 5.74) is 6.50. The number of nitrogens with one attached hydrogen (secondary N) is 1. The van der Waals surface area contributed by atoms with Gasteiger partial charge in [0.15, 0.2) is 0 Å². The second-order valence-corrected chi connectivity index (χ2v) is 4.65. The van der Waals surface area contributed by atoms with Crippen LogP contribution < -0.4 is 11.1 Å². The maximum atomic E-state index is 13.8. The number of halogens is 1. The van der Waals surface area contributed by atoms with E-state index in [2.05, 4.69) is 5.32 Å². The lowest BCUT2D eigenvalue weighted by molar-refractivity contribution is 0.0933. The van der Waals surface area contributed by atoms with Gasteiger partial charge in [-0.05, 0) is 37.5 Å². The predicted octanol–water partition coefficient (Wildman–Crippen LogP) is 2.39. The summed E-state index contributed by atoms with van der Waals surface area (Å²) in [6, 6.07) is 3.11. The summed E-state index contributed by atoms with van der Waals surface area (Å²) >= 11 is 0. The molecule has 0 bridgehead atoms. The number of hydrogen-bond donors (Lipinski definition) is 2. The first-order chi connectivity index (χ1) is 8.08. The van der Waals surface area contributed by atoms with Crippen LogP contribution in [0.15, 0.2) is 12.1 Å². The van der Waals surface area contributed by atoms with Crippen LogP contribution in [0.4, 0.5) is 10.1 Å². The van der Waals surface area contributed by atoms with Gasteiger partial charge in [-0.2, -0.15) is 0 Å². The van der Waals surface area contributed by atoms with Gasteiger partial charge in [0.2, 0.25) is 0 Å². The van der Waals surface area contributed by atoms with E-state index in [9.17, 15) is 9.18 Å². The zero-order valence-corrected chi connectivity index (χ0v) is 9.92. The molecule has 1 fully saturated rings. The molecule has 92 valence electrons. The molecule has 1 aliphatic rings. The van der Waals surface area contributed by atoms with Gasteiger partial charge < -0.3 is 11.1 Å². The third-order valence-corrected chi connectivity index (χ3v) is 3.21. The van der Waals surface area contributed by atoms with E-state index in [0.29, 0.717) is 11.3 Å². The molecule has 1 saturated carbocycles. The lowest BCUT2D eigenvalue weighted by atomic mass is 10.1. The second kappa shape index (κ2) is 4.73. The van der Waals surface area contributed by atoms with Crippen molar-refractivity contribution < 1.29 is 9.18 Å². The van der Waals surface area contributed by atoms with Crippen molar-refractivity contribution >= 4 is 11.6 Å². The van der Waals surface area contributed by atoms with E-state index in [-0.39, 0.29) is 17.5 Å². The Hall–Kier alpha value is -1.58. The maximum absolute atomic E-state index is 13.8. The van der Waals surface area contributed by atoms with Crippen molar-refractivity contribution in [1.82, 2.24) is 5.32 Å². The number of carbonyl (C=O) groups excluding carboxylic acids is 1. The van der Waals surface area contributed by atoms with Crippen molar-refractivity contribution in [3.63, 3.8) is 0 Å². The summed E-state index contributed by atoms with van der Waals surface area (Å²) < 4.78 is 13.8.